The molecule has 1 saturated heterocycles. The molecule has 21 heavy (non-hydrogen) atoms. The van der Waals surface area contributed by atoms with Gasteiger partial charge in [0.2, 0.25) is 0 Å². The van der Waals surface area contributed by atoms with Crippen molar-refractivity contribution in [2.45, 2.75) is 39.2 Å². The molecule has 2 rings (SSSR count). The highest BCUT2D eigenvalue weighted by Gasteiger charge is 2.21. The number of pyridine rings is 1. The van der Waals surface area contributed by atoms with E-state index in [0.717, 1.165) is 32.1 Å². The Morgan fingerprint density at radius 2 is 2.24 bits per heavy atom. The van der Waals surface area contributed by atoms with Gasteiger partial charge in [-0.15, -0.1) is 0 Å². The van der Waals surface area contributed by atoms with Gasteiger partial charge < -0.3 is 15.0 Å². The molecule has 1 unspecified atom stereocenters. The molecule has 0 amide bonds. The minimum atomic E-state index is 0.458. The van der Waals surface area contributed by atoms with Gasteiger partial charge in [0.05, 0.1) is 6.61 Å². The molecule has 118 valence electrons. The summed E-state index contributed by atoms with van der Waals surface area (Å²) in [5.41, 5.74) is 2.51. The van der Waals surface area contributed by atoms with Crippen molar-refractivity contribution in [3.63, 3.8) is 0 Å². The molecule has 0 radical (unpaired) electrons. The Labute approximate surface area is 128 Å². The number of rotatable bonds is 6. The number of hydrogen-bond acceptors (Lipinski definition) is 4. The summed E-state index contributed by atoms with van der Waals surface area (Å²) < 4.78 is 5.33. The molecule has 1 aromatic heterocycles. The molecule has 4 heteroatoms. The van der Waals surface area contributed by atoms with Crippen LogP contribution in [0.5, 0.6) is 0 Å². The fourth-order valence-corrected chi connectivity index (χ4v) is 3.00. The van der Waals surface area contributed by atoms with Gasteiger partial charge in [0.1, 0.15) is 5.82 Å². The first-order chi connectivity index (χ1) is 10.1. The zero-order valence-electron chi connectivity index (χ0n) is 13.9. The van der Waals surface area contributed by atoms with Gasteiger partial charge in [0, 0.05) is 32.4 Å². The zero-order chi connectivity index (χ0) is 15.2. The second-order valence-electron chi connectivity index (χ2n) is 6.35. The number of piperidine rings is 1. The molecule has 1 aliphatic rings. The van der Waals surface area contributed by atoms with Crippen LogP contribution >= 0.6 is 0 Å². The Morgan fingerprint density at radius 1 is 1.43 bits per heavy atom. The van der Waals surface area contributed by atoms with Crippen LogP contribution in [0.15, 0.2) is 12.1 Å². The summed E-state index contributed by atoms with van der Waals surface area (Å²) in [7, 11) is 3.78. The van der Waals surface area contributed by atoms with Crippen molar-refractivity contribution >= 4 is 5.82 Å². The number of methoxy groups -OCH3 is 1. The van der Waals surface area contributed by atoms with Gasteiger partial charge >= 0.3 is 0 Å². The van der Waals surface area contributed by atoms with E-state index in [4.69, 9.17) is 9.72 Å². The maximum atomic E-state index is 5.33. The Balaban J connectivity index is 2.20. The topological polar surface area (TPSA) is 37.4 Å². The van der Waals surface area contributed by atoms with E-state index in [1.807, 2.05) is 7.05 Å². The highest BCUT2D eigenvalue weighted by Crippen LogP contribution is 2.25. The molecule has 0 aromatic carbocycles. The predicted octanol–water partition coefficient (Wildman–Crippen LogP) is 2.79. The molecule has 1 aliphatic heterocycles. The van der Waals surface area contributed by atoms with Crippen molar-refractivity contribution < 1.29 is 4.74 Å². The van der Waals surface area contributed by atoms with Crippen LogP contribution in [0.4, 0.5) is 5.82 Å². The molecule has 0 bridgehead atoms. The standard InChI is InChI=1S/C17H29N3O/c1-13(2)16-8-15(10-18-3)9-17(19-16)20-7-5-6-14(11-20)12-21-4/h8-9,13-14,18H,5-7,10-12H2,1-4H3. The zero-order valence-corrected chi connectivity index (χ0v) is 13.9. The van der Waals surface area contributed by atoms with E-state index in [0.29, 0.717) is 11.8 Å². The van der Waals surface area contributed by atoms with Crippen molar-refractivity contribution in [1.29, 1.82) is 0 Å². The number of hydrogen-bond donors (Lipinski definition) is 1. The van der Waals surface area contributed by atoms with Crippen LogP contribution in [0, 0.1) is 5.92 Å². The largest absolute Gasteiger partial charge is 0.384 e. The van der Waals surface area contributed by atoms with E-state index in [9.17, 15) is 0 Å². The Hall–Kier alpha value is -1.13. The first-order valence-corrected chi connectivity index (χ1v) is 8.03. The van der Waals surface area contributed by atoms with E-state index in [-0.39, 0.29) is 0 Å². The van der Waals surface area contributed by atoms with Crippen molar-refractivity contribution in [1.82, 2.24) is 10.3 Å². The molecule has 1 aromatic rings. The average molecular weight is 291 g/mol. The van der Waals surface area contributed by atoms with Gasteiger partial charge in [0.15, 0.2) is 0 Å². The van der Waals surface area contributed by atoms with Gasteiger partial charge in [-0.05, 0) is 49.4 Å². The van der Waals surface area contributed by atoms with Crippen LogP contribution in [0.3, 0.4) is 0 Å². The smallest absolute Gasteiger partial charge is 0.129 e. The normalized spacial score (nSPS) is 19.3. The molecular weight excluding hydrogens is 262 g/mol. The molecule has 0 saturated carbocycles. The van der Waals surface area contributed by atoms with E-state index in [1.54, 1.807) is 7.11 Å². The number of aromatic nitrogens is 1. The summed E-state index contributed by atoms with van der Waals surface area (Å²) in [5.74, 6) is 2.22. The van der Waals surface area contributed by atoms with E-state index < -0.39 is 0 Å². The third-order valence-electron chi connectivity index (χ3n) is 4.11. The molecule has 4 nitrogen and oxygen atoms in total. The van der Waals surface area contributed by atoms with Crippen LogP contribution in [0.25, 0.3) is 0 Å². The SMILES string of the molecule is CNCc1cc(C(C)C)nc(N2CCCC(COC)C2)c1. The van der Waals surface area contributed by atoms with Crippen molar-refractivity contribution in [3.8, 4) is 0 Å². The highest BCUT2D eigenvalue weighted by molar-refractivity contribution is 5.44. The van der Waals surface area contributed by atoms with Gasteiger partial charge in [-0.1, -0.05) is 13.8 Å². The lowest BCUT2D eigenvalue weighted by molar-refractivity contribution is 0.143. The minimum absolute atomic E-state index is 0.458. The van der Waals surface area contributed by atoms with Crippen LogP contribution < -0.4 is 10.2 Å². The molecule has 2 heterocycles. The average Bonchev–Trinajstić information content (AvgIpc) is 2.48. The van der Waals surface area contributed by atoms with Crippen LogP contribution in [-0.4, -0.2) is 38.8 Å². The highest BCUT2D eigenvalue weighted by atomic mass is 16.5. The van der Waals surface area contributed by atoms with Gasteiger partial charge in [-0.25, -0.2) is 4.98 Å². The van der Waals surface area contributed by atoms with Crippen LogP contribution in [0.2, 0.25) is 0 Å². The second-order valence-corrected chi connectivity index (χ2v) is 6.35. The molecule has 1 N–H and O–H groups in total. The van der Waals surface area contributed by atoms with E-state index >= 15 is 0 Å². The Morgan fingerprint density at radius 3 is 2.90 bits per heavy atom. The first-order valence-electron chi connectivity index (χ1n) is 8.03. The van der Waals surface area contributed by atoms with Crippen LogP contribution in [-0.2, 0) is 11.3 Å². The molecule has 1 fully saturated rings. The fraction of sp³-hybridized carbons (Fsp3) is 0.706. The number of anilines is 1. The third-order valence-corrected chi connectivity index (χ3v) is 4.11. The molecule has 0 spiro atoms. The van der Waals surface area contributed by atoms with Crippen molar-refractivity contribution in [2.75, 3.05) is 38.8 Å². The van der Waals surface area contributed by atoms with Crippen molar-refractivity contribution in [3.05, 3.63) is 23.4 Å². The fourth-order valence-electron chi connectivity index (χ4n) is 3.00. The quantitative estimate of drug-likeness (QED) is 0.874. The molecule has 1 atom stereocenters. The molecule has 0 aliphatic carbocycles. The summed E-state index contributed by atoms with van der Waals surface area (Å²) in [6.07, 6.45) is 2.49. The van der Waals surface area contributed by atoms with E-state index in [1.165, 1.54) is 24.1 Å². The van der Waals surface area contributed by atoms with Gasteiger partial charge in [0.25, 0.3) is 0 Å². The summed E-state index contributed by atoms with van der Waals surface area (Å²) >= 11 is 0. The second kappa shape index (κ2) is 7.76. The lowest BCUT2D eigenvalue weighted by atomic mass is 9.98. The lowest BCUT2D eigenvalue weighted by Crippen LogP contribution is -2.37. The van der Waals surface area contributed by atoms with Crippen LogP contribution in [0.1, 0.15) is 43.9 Å². The third kappa shape index (κ3) is 4.42. The number of nitrogens with zero attached hydrogens (tertiary/aromatic N) is 2. The number of nitrogens with one attached hydrogen (secondary N) is 1. The summed E-state index contributed by atoms with van der Waals surface area (Å²) in [4.78, 5) is 7.32. The minimum Gasteiger partial charge on any atom is -0.384 e. The summed E-state index contributed by atoms with van der Waals surface area (Å²) in [6, 6.07) is 4.46. The monoisotopic (exact) mass is 291 g/mol. The predicted molar refractivity (Wildman–Crippen MR) is 87.9 cm³/mol. The first kappa shape index (κ1) is 16.2. The summed E-state index contributed by atoms with van der Waals surface area (Å²) in [6.45, 7) is 8.32. The lowest BCUT2D eigenvalue weighted by Gasteiger charge is -2.34. The van der Waals surface area contributed by atoms with Crippen molar-refractivity contribution in [2.24, 2.45) is 5.92 Å². The Kier molecular flexibility index (Phi) is 6.00. The maximum Gasteiger partial charge on any atom is 0.129 e. The van der Waals surface area contributed by atoms with Gasteiger partial charge in [-0.3, -0.25) is 0 Å². The Bertz CT molecular complexity index is 446. The number of ether oxygens (including phenoxy) is 1. The van der Waals surface area contributed by atoms with Gasteiger partial charge in [-0.2, -0.15) is 0 Å². The maximum absolute atomic E-state index is 5.33. The van der Waals surface area contributed by atoms with E-state index in [2.05, 4.69) is 36.2 Å². The molecular formula is C17H29N3O. The summed E-state index contributed by atoms with van der Waals surface area (Å²) in [5, 5.41) is 3.24.